The fourth-order valence-corrected chi connectivity index (χ4v) is 2.14. The Morgan fingerprint density at radius 2 is 1.76 bits per heavy atom. The van der Waals surface area contributed by atoms with Crippen molar-refractivity contribution in [3.05, 3.63) is 69.5 Å². The normalized spacial score (nSPS) is 10.2. The van der Waals surface area contributed by atoms with Crippen LogP contribution in [0.2, 0.25) is 10.0 Å². The zero-order valence-corrected chi connectivity index (χ0v) is 12.1. The molecule has 2 aromatic carbocycles. The van der Waals surface area contributed by atoms with E-state index < -0.39 is 24.2 Å². The molecular formula is C15H9Cl2FO3. The molecule has 3 nitrogen and oxygen atoms in total. The Hall–Kier alpha value is -1.91. The van der Waals surface area contributed by atoms with Crippen molar-refractivity contribution >= 4 is 35.0 Å². The minimum Gasteiger partial charge on any atom is -0.454 e. The molecule has 21 heavy (non-hydrogen) atoms. The van der Waals surface area contributed by atoms with Gasteiger partial charge >= 0.3 is 5.97 Å². The van der Waals surface area contributed by atoms with Crippen LogP contribution in [0.5, 0.6) is 0 Å². The number of Topliss-reactive ketones (excluding diaryl/α,β-unsaturated/α-hetero) is 1. The summed E-state index contributed by atoms with van der Waals surface area (Å²) < 4.78 is 18.2. The predicted molar refractivity (Wildman–Crippen MR) is 77.5 cm³/mol. The maximum Gasteiger partial charge on any atom is 0.341 e. The molecule has 0 heterocycles. The summed E-state index contributed by atoms with van der Waals surface area (Å²) in [5, 5.41) is 0.550. The van der Waals surface area contributed by atoms with E-state index >= 15 is 0 Å². The number of carbonyl (C=O) groups is 2. The molecule has 0 fully saturated rings. The molecule has 2 aromatic rings. The summed E-state index contributed by atoms with van der Waals surface area (Å²) in [6.45, 7) is -0.533. The van der Waals surface area contributed by atoms with Crippen LogP contribution in [-0.2, 0) is 4.74 Å². The second kappa shape index (κ2) is 6.70. The lowest BCUT2D eigenvalue weighted by Crippen LogP contribution is -2.15. The summed E-state index contributed by atoms with van der Waals surface area (Å²) in [5.41, 5.74) is -0.0464. The second-order valence-electron chi connectivity index (χ2n) is 4.10. The third-order valence-electron chi connectivity index (χ3n) is 2.66. The SMILES string of the molecule is O=C(OCC(=O)c1ccc(Cl)cc1Cl)c1ccccc1F. The average molecular weight is 327 g/mol. The molecular weight excluding hydrogens is 318 g/mol. The monoisotopic (exact) mass is 326 g/mol. The summed E-state index contributed by atoms with van der Waals surface area (Å²) in [5.74, 6) is -2.12. The Labute approximate surface area is 130 Å². The summed E-state index contributed by atoms with van der Waals surface area (Å²) in [6.07, 6.45) is 0. The molecule has 0 aliphatic rings. The van der Waals surface area contributed by atoms with E-state index in [4.69, 9.17) is 27.9 Å². The molecule has 0 aliphatic carbocycles. The van der Waals surface area contributed by atoms with Gasteiger partial charge in [0, 0.05) is 10.6 Å². The number of ketones is 1. The predicted octanol–water partition coefficient (Wildman–Crippen LogP) is 4.17. The third kappa shape index (κ3) is 3.80. The fourth-order valence-electron chi connectivity index (χ4n) is 1.63. The Morgan fingerprint density at radius 3 is 2.43 bits per heavy atom. The molecule has 0 unspecified atom stereocenters. The Bertz CT molecular complexity index is 701. The van der Waals surface area contributed by atoms with E-state index in [1.165, 1.54) is 36.4 Å². The van der Waals surface area contributed by atoms with E-state index in [-0.39, 0.29) is 16.1 Å². The molecule has 108 valence electrons. The fraction of sp³-hybridized carbons (Fsp3) is 0.0667. The number of carbonyl (C=O) groups excluding carboxylic acids is 2. The van der Waals surface area contributed by atoms with Crippen LogP contribution in [0, 0.1) is 5.82 Å². The highest BCUT2D eigenvalue weighted by molar-refractivity contribution is 6.36. The van der Waals surface area contributed by atoms with Crippen LogP contribution >= 0.6 is 23.2 Å². The van der Waals surface area contributed by atoms with Gasteiger partial charge in [0.15, 0.2) is 6.61 Å². The van der Waals surface area contributed by atoms with Crippen LogP contribution in [0.4, 0.5) is 4.39 Å². The number of halogens is 3. The number of hydrogen-bond acceptors (Lipinski definition) is 3. The van der Waals surface area contributed by atoms with Crippen molar-refractivity contribution in [2.45, 2.75) is 0 Å². The first-order valence-electron chi connectivity index (χ1n) is 5.89. The highest BCUT2D eigenvalue weighted by Gasteiger charge is 2.16. The lowest BCUT2D eigenvalue weighted by atomic mass is 10.1. The molecule has 6 heteroatoms. The van der Waals surface area contributed by atoms with Crippen molar-refractivity contribution in [1.29, 1.82) is 0 Å². The molecule has 0 saturated heterocycles. The van der Waals surface area contributed by atoms with Crippen molar-refractivity contribution in [3.63, 3.8) is 0 Å². The Balaban J connectivity index is 2.04. The zero-order valence-electron chi connectivity index (χ0n) is 10.6. The third-order valence-corrected chi connectivity index (χ3v) is 3.21. The summed E-state index contributed by atoms with van der Waals surface area (Å²) >= 11 is 11.6. The highest BCUT2D eigenvalue weighted by Crippen LogP contribution is 2.21. The molecule has 0 N–H and O–H groups in total. The van der Waals surface area contributed by atoms with Gasteiger partial charge in [0.05, 0.1) is 10.6 Å². The molecule has 0 aromatic heterocycles. The van der Waals surface area contributed by atoms with E-state index in [1.807, 2.05) is 0 Å². The van der Waals surface area contributed by atoms with Gasteiger partial charge in [0.25, 0.3) is 0 Å². The topological polar surface area (TPSA) is 43.4 Å². The largest absolute Gasteiger partial charge is 0.454 e. The standard InChI is InChI=1S/C15H9Cl2FO3/c16-9-5-6-10(12(17)7-9)14(19)8-21-15(20)11-3-1-2-4-13(11)18/h1-7H,8H2. The van der Waals surface area contributed by atoms with Crippen molar-refractivity contribution in [2.75, 3.05) is 6.61 Å². The molecule has 0 amide bonds. The van der Waals surface area contributed by atoms with Gasteiger partial charge < -0.3 is 4.74 Å². The maximum absolute atomic E-state index is 13.4. The van der Waals surface area contributed by atoms with Gasteiger partial charge in [0.2, 0.25) is 5.78 Å². The molecule has 0 aliphatic heterocycles. The average Bonchev–Trinajstić information content (AvgIpc) is 2.45. The van der Waals surface area contributed by atoms with Crippen LogP contribution in [0.3, 0.4) is 0 Å². The highest BCUT2D eigenvalue weighted by atomic mass is 35.5. The number of esters is 1. The molecule has 0 radical (unpaired) electrons. The van der Waals surface area contributed by atoms with E-state index in [0.717, 1.165) is 6.07 Å². The van der Waals surface area contributed by atoms with Gasteiger partial charge in [-0.25, -0.2) is 9.18 Å². The molecule has 0 saturated carbocycles. The number of benzene rings is 2. The van der Waals surface area contributed by atoms with Crippen molar-refractivity contribution in [2.24, 2.45) is 0 Å². The lowest BCUT2D eigenvalue weighted by molar-refractivity contribution is 0.0470. The number of rotatable bonds is 4. The first-order chi connectivity index (χ1) is 9.99. The van der Waals surface area contributed by atoms with E-state index in [9.17, 15) is 14.0 Å². The van der Waals surface area contributed by atoms with Crippen LogP contribution in [-0.4, -0.2) is 18.4 Å². The van der Waals surface area contributed by atoms with Crippen LogP contribution < -0.4 is 0 Å². The van der Waals surface area contributed by atoms with Crippen LogP contribution in [0.1, 0.15) is 20.7 Å². The Kier molecular flexibility index (Phi) is 4.94. The van der Waals surface area contributed by atoms with E-state index in [1.54, 1.807) is 0 Å². The zero-order chi connectivity index (χ0) is 15.4. The van der Waals surface area contributed by atoms with Crippen LogP contribution in [0.15, 0.2) is 42.5 Å². The molecule has 0 atom stereocenters. The van der Waals surface area contributed by atoms with E-state index in [2.05, 4.69) is 0 Å². The smallest absolute Gasteiger partial charge is 0.341 e. The first-order valence-corrected chi connectivity index (χ1v) is 6.64. The Morgan fingerprint density at radius 1 is 1.05 bits per heavy atom. The van der Waals surface area contributed by atoms with Gasteiger partial charge in [-0.15, -0.1) is 0 Å². The molecule has 0 spiro atoms. The van der Waals surface area contributed by atoms with Crippen molar-refractivity contribution < 1.29 is 18.7 Å². The van der Waals surface area contributed by atoms with Gasteiger partial charge in [-0.2, -0.15) is 0 Å². The van der Waals surface area contributed by atoms with Gasteiger partial charge in [-0.1, -0.05) is 35.3 Å². The van der Waals surface area contributed by atoms with Crippen molar-refractivity contribution in [3.8, 4) is 0 Å². The van der Waals surface area contributed by atoms with Gasteiger partial charge in [-0.3, -0.25) is 4.79 Å². The van der Waals surface area contributed by atoms with Crippen molar-refractivity contribution in [1.82, 2.24) is 0 Å². The quantitative estimate of drug-likeness (QED) is 0.625. The second-order valence-corrected chi connectivity index (χ2v) is 4.95. The van der Waals surface area contributed by atoms with E-state index in [0.29, 0.717) is 5.02 Å². The summed E-state index contributed by atoms with van der Waals surface area (Å²) in [7, 11) is 0. The number of ether oxygens (including phenoxy) is 1. The minimum absolute atomic E-state index is 0.162. The summed E-state index contributed by atoms with van der Waals surface area (Å²) in [6, 6.07) is 9.70. The molecule has 2 rings (SSSR count). The number of hydrogen-bond donors (Lipinski definition) is 0. The van der Waals surface area contributed by atoms with Gasteiger partial charge in [-0.05, 0) is 30.3 Å². The minimum atomic E-state index is -0.911. The van der Waals surface area contributed by atoms with Gasteiger partial charge in [0.1, 0.15) is 5.82 Å². The molecule has 0 bridgehead atoms. The first kappa shape index (κ1) is 15.5. The van der Waals surface area contributed by atoms with Crippen LogP contribution in [0.25, 0.3) is 0 Å². The lowest BCUT2D eigenvalue weighted by Gasteiger charge is -2.06. The maximum atomic E-state index is 13.4. The summed E-state index contributed by atoms with van der Waals surface area (Å²) in [4.78, 5) is 23.6.